The number of carbonyl (C=O) groups excluding carboxylic acids is 1. The summed E-state index contributed by atoms with van der Waals surface area (Å²) in [5.41, 5.74) is 5.50. The molecule has 0 saturated heterocycles. The Morgan fingerprint density at radius 2 is 2.04 bits per heavy atom. The first kappa shape index (κ1) is 15.4. The topological polar surface area (TPSA) is 57.8 Å². The molecule has 23 heavy (non-hydrogen) atoms. The van der Waals surface area contributed by atoms with Gasteiger partial charge in [0.15, 0.2) is 5.78 Å². The zero-order valence-corrected chi connectivity index (χ0v) is 14.0. The molecule has 0 spiro atoms. The molecule has 0 fully saturated rings. The highest BCUT2D eigenvalue weighted by Gasteiger charge is 2.35. The Morgan fingerprint density at radius 1 is 1.30 bits per heavy atom. The molecular weight excluding hydrogens is 286 g/mol. The van der Waals surface area contributed by atoms with Crippen molar-refractivity contribution in [2.24, 2.45) is 12.5 Å². The number of benzene rings is 1. The smallest absolute Gasteiger partial charge is 0.180 e. The number of Topliss-reactive ketones (excluding diaryl/α,β-unsaturated/α-hetero) is 1. The Labute approximate surface area is 136 Å². The highest BCUT2D eigenvalue weighted by molar-refractivity contribution is 6.00. The maximum atomic E-state index is 12.5. The van der Waals surface area contributed by atoms with Crippen LogP contribution in [0, 0.1) is 16.7 Å². The van der Waals surface area contributed by atoms with Gasteiger partial charge in [-0.25, -0.2) is 0 Å². The SMILES string of the molecule is CNc1cc(-c2cn(C)c3c2CC(C)(C)CC3=O)ccc1C#N. The highest BCUT2D eigenvalue weighted by atomic mass is 16.1. The number of hydrogen-bond acceptors (Lipinski definition) is 3. The highest BCUT2D eigenvalue weighted by Crippen LogP contribution is 2.40. The lowest BCUT2D eigenvalue weighted by atomic mass is 9.74. The lowest BCUT2D eigenvalue weighted by Gasteiger charge is -2.29. The minimum Gasteiger partial charge on any atom is -0.387 e. The number of nitrogens with zero attached hydrogens (tertiary/aromatic N) is 2. The van der Waals surface area contributed by atoms with Crippen molar-refractivity contribution >= 4 is 11.5 Å². The third-order valence-corrected chi connectivity index (χ3v) is 4.57. The molecule has 0 unspecified atom stereocenters. The van der Waals surface area contributed by atoms with Gasteiger partial charge >= 0.3 is 0 Å². The van der Waals surface area contributed by atoms with Gasteiger partial charge in [-0.2, -0.15) is 5.26 Å². The lowest BCUT2D eigenvalue weighted by Crippen LogP contribution is -2.27. The number of nitrogens with one attached hydrogen (secondary N) is 1. The van der Waals surface area contributed by atoms with Gasteiger partial charge in [-0.1, -0.05) is 19.9 Å². The number of hydrogen-bond donors (Lipinski definition) is 1. The predicted molar refractivity (Wildman–Crippen MR) is 91.5 cm³/mol. The Bertz CT molecular complexity index is 837. The molecule has 0 atom stereocenters. The van der Waals surface area contributed by atoms with E-state index in [0.29, 0.717) is 12.0 Å². The summed E-state index contributed by atoms with van der Waals surface area (Å²) in [6.45, 7) is 4.28. The van der Waals surface area contributed by atoms with Crippen LogP contribution in [0.4, 0.5) is 5.69 Å². The Hall–Kier alpha value is -2.54. The van der Waals surface area contributed by atoms with Crippen LogP contribution < -0.4 is 5.32 Å². The monoisotopic (exact) mass is 307 g/mol. The van der Waals surface area contributed by atoms with Gasteiger partial charge in [0.1, 0.15) is 6.07 Å². The second-order valence-electron chi connectivity index (χ2n) is 7.04. The summed E-state index contributed by atoms with van der Waals surface area (Å²) in [6.07, 6.45) is 3.51. The lowest BCUT2D eigenvalue weighted by molar-refractivity contribution is 0.0903. The van der Waals surface area contributed by atoms with Crippen LogP contribution in [0.2, 0.25) is 0 Å². The maximum Gasteiger partial charge on any atom is 0.180 e. The summed E-state index contributed by atoms with van der Waals surface area (Å²) in [4.78, 5) is 12.5. The van der Waals surface area contributed by atoms with E-state index in [1.807, 2.05) is 43.1 Å². The molecule has 0 aliphatic heterocycles. The number of anilines is 1. The zero-order valence-electron chi connectivity index (χ0n) is 14.0. The Balaban J connectivity index is 2.18. The summed E-state index contributed by atoms with van der Waals surface area (Å²) in [5, 5.41) is 12.2. The second-order valence-corrected chi connectivity index (χ2v) is 7.04. The van der Waals surface area contributed by atoms with Crippen molar-refractivity contribution in [2.75, 3.05) is 12.4 Å². The summed E-state index contributed by atoms with van der Waals surface area (Å²) in [5.74, 6) is 0.215. The van der Waals surface area contributed by atoms with E-state index < -0.39 is 0 Å². The van der Waals surface area contributed by atoms with Crippen molar-refractivity contribution in [3.8, 4) is 17.2 Å². The molecule has 1 aromatic carbocycles. The fraction of sp³-hybridized carbons (Fsp3) is 0.368. The predicted octanol–water partition coefficient (Wildman–Crippen LogP) is 3.76. The minimum atomic E-state index is -0.0153. The normalized spacial score (nSPS) is 15.9. The first-order valence-electron chi connectivity index (χ1n) is 7.80. The van der Waals surface area contributed by atoms with Crippen LogP contribution in [0.1, 0.15) is 41.9 Å². The Morgan fingerprint density at radius 3 is 2.70 bits per heavy atom. The second kappa shape index (κ2) is 5.27. The van der Waals surface area contributed by atoms with Gasteiger partial charge in [-0.05, 0) is 35.1 Å². The van der Waals surface area contributed by atoms with E-state index in [-0.39, 0.29) is 11.2 Å². The first-order valence-corrected chi connectivity index (χ1v) is 7.80. The quantitative estimate of drug-likeness (QED) is 0.919. The fourth-order valence-electron chi connectivity index (χ4n) is 3.54. The molecule has 4 nitrogen and oxygen atoms in total. The van der Waals surface area contributed by atoms with Gasteiger partial charge in [0.05, 0.1) is 16.9 Å². The van der Waals surface area contributed by atoms with Crippen LogP contribution in [-0.4, -0.2) is 17.4 Å². The fourth-order valence-corrected chi connectivity index (χ4v) is 3.54. The molecule has 3 rings (SSSR count). The standard InChI is InChI=1S/C19H21N3O/c1-19(2)8-14-15(11-22(4)18(14)17(23)9-19)12-5-6-13(10-20)16(7-12)21-3/h5-7,11,21H,8-9H2,1-4H3. The molecule has 1 aliphatic carbocycles. The van der Waals surface area contributed by atoms with E-state index in [0.717, 1.165) is 34.5 Å². The van der Waals surface area contributed by atoms with Crippen LogP contribution >= 0.6 is 0 Å². The van der Waals surface area contributed by atoms with Gasteiger partial charge in [-0.3, -0.25) is 4.79 Å². The van der Waals surface area contributed by atoms with Crippen LogP contribution in [0.15, 0.2) is 24.4 Å². The largest absolute Gasteiger partial charge is 0.387 e. The molecule has 2 aromatic rings. The van der Waals surface area contributed by atoms with E-state index in [4.69, 9.17) is 0 Å². The number of nitriles is 1. The van der Waals surface area contributed by atoms with Gasteiger partial charge in [-0.15, -0.1) is 0 Å². The average molecular weight is 307 g/mol. The van der Waals surface area contributed by atoms with Crippen molar-refractivity contribution in [3.63, 3.8) is 0 Å². The van der Waals surface area contributed by atoms with Crippen LogP contribution in [0.25, 0.3) is 11.1 Å². The summed E-state index contributed by atoms with van der Waals surface area (Å²) < 4.78 is 1.94. The molecule has 0 saturated carbocycles. The van der Waals surface area contributed by atoms with E-state index in [1.165, 1.54) is 0 Å². The Kier molecular flexibility index (Phi) is 3.52. The van der Waals surface area contributed by atoms with E-state index in [1.54, 1.807) is 0 Å². The van der Waals surface area contributed by atoms with Crippen molar-refractivity contribution in [2.45, 2.75) is 26.7 Å². The van der Waals surface area contributed by atoms with Crippen molar-refractivity contribution in [1.29, 1.82) is 5.26 Å². The van der Waals surface area contributed by atoms with Crippen molar-refractivity contribution < 1.29 is 4.79 Å². The van der Waals surface area contributed by atoms with Gasteiger partial charge in [0, 0.05) is 32.3 Å². The average Bonchev–Trinajstić information content (AvgIpc) is 2.82. The van der Waals surface area contributed by atoms with Crippen molar-refractivity contribution in [3.05, 3.63) is 41.2 Å². The van der Waals surface area contributed by atoms with Crippen LogP contribution in [0.5, 0.6) is 0 Å². The molecule has 1 aliphatic rings. The molecule has 118 valence electrons. The van der Waals surface area contributed by atoms with Crippen LogP contribution in [-0.2, 0) is 13.5 Å². The first-order chi connectivity index (χ1) is 10.9. The molecule has 0 bridgehead atoms. The summed E-state index contributed by atoms with van der Waals surface area (Å²) in [7, 11) is 3.74. The summed E-state index contributed by atoms with van der Waals surface area (Å²) in [6, 6.07) is 7.97. The van der Waals surface area contributed by atoms with Gasteiger partial charge in [0.2, 0.25) is 0 Å². The van der Waals surface area contributed by atoms with E-state index in [9.17, 15) is 10.1 Å². The van der Waals surface area contributed by atoms with Crippen molar-refractivity contribution in [1.82, 2.24) is 4.57 Å². The molecule has 1 heterocycles. The molecule has 1 aromatic heterocycles. The van der Waals surface area contributed by atoms with Crippen LogP contribution in [0.3, 0.4) is 0 Å². The van der Waals surface area contributed by atoms with Gasteiger partial charge < -0.3 is 9.88 Å². The molecule has 4 heteroatoms. The number of ketones is 1. The zero-order chi connectivity index (χ0) is 16.8. The number of aryl methyl sites for hydroxylation is 1. The van der Waals surface area contributed by atoms with E-state index >= 15 is 0 Å². The number of fused-ring (bicyclic) bond motifs is 1. The molecular formula is C19H21N3O. The molecule has 0 radical (unpaired) electrons. The molecule has 0 amide bonds. The maximum absolute atomic E-state index is 12.5. The summed E-state index contributed by atoms with van der Waals surface area (Å²) >= 11 is 0. The third-order valence-electron chi connectivity index (χ3n) is 4.57. The third kappa shape index (κ3) is 2.53. The number of carbonyl (C=O) groups is 1. The number of aromatic nitrogens is 1. The van der Waals surface area contributed by atoms with E-state index in [2.05, 4.69) is 25.2 Å². The van der Waals surface area contributed by atoms with Gasteiger partial charge in [0.25, 0.3) is 0 Å². The minimum absolute atomic E-state index is 0.0153. The number of rotatable bonds is 2. The molecule has 1 N–H and O–H groups in total.